The second-order valence-electron chi connectivity index (χ2n) is 7.13. The van der Waals surface area contributed by atoms with Gasteiger partial charge in [-0.1, -0.05) is 37.6 Å². The number of rotatable bonds is 6. The van der Waals surface area contributed by atoms with Crippen molar-refractivity contribution in [1.29, 1.82) is 0 Å². The Balaban J connectivity index is 1.74. The number of nitrogens with zero attached hydrogens (tertiary/aromatic N) is 1. The maximum atomic E-state index is 12.1. The van der Waals surface area contributed by atoms with Crippen molar-refractivity contribution in [1.82, 2.24) is 21.1 Å². The van der Waals surface area contributed by atoms with Crippen LogP contribution in [0.4, 0.5) is 0 Å². The summed E-state index contributed by atoms with van der Waals surface area (Å²) in [7, 11) is 0. The lowest BCUT2D eigenvalue weighted by Crippen LogP contribution is -2.49. The first-order chi connectivity index (χ1) is 12.9. The third-order valence-electron chi connectivity index (χ3n) is 4.49. The summed E-state index contributed by atoms with van der Waals surface area (Å²) in [6.07, 6.45) is 2.00. The fraction of sp³-hybridized carbons (Fsp3) is 0.526. The fourth-order valence-electron chi connectivity index (χ4n) is 2.99. The van der Waals surface area contributed by atoms with Crippen LogP contribution in [-0.4, -0.2) is 48.8 Å². The van der Waals surface area contributed by atoms with Crippen LogP contribution in [0.5, 0.6) is 0 Å². The maximum absolute atomic E-state index is 12.1. The smallest absolute Gasteiger partial charge is 0.271 e. The molecule has 1 saturated heterocycles. The van der Waals surface area contributed by atoms with Gasteiger partial charge in [-0.3, -0.25) is 30.1 Å². The second kappa shape index (κ2) is 10.3. The highest BCUT2D eigenvalue weighted by molar-refractivity contribution is 6.33. The first kappa shape index (κ1) is 21.2. The van der Waals surface area contributed by atoms with Gasteiger partial charge in [-0.25, -0.2) is 0 Å². The van der Waals surface area contributed by atoms with E-state index in [9.17, 15) is 14.4 Å². The van der Waals surface area contributed by atoms with Gasteiger partial charge in [0, 0.05) is 19.0 Å². The topological polar surface area (TPSA) is 90.5 Å². The standard InChI is InChI=1S/C19H27ClN4O3/c1-13(2)18(26)21-10-14-6-5-9-24(11-14)12-17(25)22-23-19(27)15-7-3-4-8-16(15)20/h3-4,7-8,13-14H,5-6,9-12H2,1-2H3,(H,21,26)(H,22,25)(H,23,27). The van der Waals surface area contributed by atoms with Crippen LogP contribution < -0.4 is 16.2 Å². The molecule has 0 spiro atoms. The van der Waals surface area contributed by atoms with Gasteiger partial charge < -0.3 is 5.32 Å². The van der Waals surface area contributed by atoms with E-state index in [1.807, 2.05) is 18.7 Å². The lowest BCUT2D eigenvalue weighted by atomic mass is 9.97. The van der Waals surface area contributed by atoms with Gasteiger partial charge in [0.15, 0.2) is 0 Å². The number of piperidine rings is 1. The number of carbonyl (C=O) groups is 3. The summed E-state index contributed by atoms with van der Waals surface area (Å²) in [6.45, 7) is 6.11. The molecule has 3 N–H and O–H groups in total. The number of hydrogen-bond acceptors (Lipinski definition) is 4. The van der Waals surface area contributed by atoms with Crippen LogP contribution in [0.25, 0.3) is 0 Å². The van der Waals surface area contributed by atoms with Gasteiger partial charge in [0.2, 0.25) is 5.91 Å². The van der Waals surface area contributed by atoms with Crippen LogP contribution in [-0.2, 0) is 9.59 Å². The Hall–Kier alpha value is -2.12. The third-order valence-corrected chi connectivity index (χ3v) is 4.82. The van der Waals surface area contributed by atoms with E-state index >= 15 is 0 Å². The largest absolute Gasteiger partial charge is 0.356 e. The lowest BCUT2D eigenvalue weighted by molar-refractivity contribution is -0.125. The second-order valence-corrected chi connectivity index (χ2v) is 7.53. The Morgan fingerprint density at radius 1 is 1.22 bits per heavy atom. The molecule has 1 aliphatic heterocycles. The van der Waals surface area contributed by atoms with Gasteiger partial charge in [0.25, 0.3) is 11.8 Å². The number of hydrazine groups is 1. The molecular formula is C19H27ClN4O3. The lowest BCUT2D eigenvalue weighted by Gasteiger charge is -2.32. The van der Waals surface area contributed by atoms with E-state index in [0.29, 0.717) is 23.0 Å². The van der Waals surface area contributed by atoms with Crippen molar-refractivity contribution in [3.8, 4) is 0 Å². The van der Waals surface area contributed by atoms with Gasteiger partial charge in [-0.05, 0) is 37.4 Å². The van der Waals surface area contributed by atoms with Crippen LogP contribution in [0.2, 0.25) is 5.02 Å². The predicted octanol–water partition coefficient (Wildman–Crippen LogP) is 1.59. The molecule has 0 aromatic heterocycles. The van der Waals surface area contributed by atoms with E-state index < -0.39 is 5.91 Å². The highest BCUT2D eigenvalue weighted by atomic mass is 35.5. The van der Waals surface area contributed by atoms with Gasteiger partial charge in [0.1, 0.15) is 0 Å². The van der Waals surface area contributed by atoms with E-state index in [-0.39, 0.29) is 24.3 Å². The fourth-order valence-corrected chi connectivity index (χ4v) is 3.21. The summed E-state index contributed by atoms with van der Waals surface area (Å²) in [6, 6.07) is 6.64. The van der Waals surface area contributed by atoms with Crippen molar-refractivity contribution in [3.05, 3.63) is 34.9 Å². The van der Waals surface area contributed by atoms with Crippen molar-refractivity contribution in [3.63, 3.8) is 0 Å². The molecule has 1 aromatic carbocycles. The van der Waals surface area contributed by atoms with Gasteiger partial charge in [-0.2, -0.15) is 0 Å². The van der Waals surface area contributed by atoms with E-state index in [1.54, 1.807) is 24.3 Å². The zero-order valence-corrected chi connectivity index (χ0v) is 16.5. The average Bonchev–Trinajstić information content (AvgIpc) is 2.64. The first-order valence-electron chi connectivity index (χ1n) is 9.20. The molecule has 0 radical (unpaired) electrons. The molecule has 1 atom stereocenters. The zero-order chi connectivity index (χ0) is 19.8. The molecule has 8 heteroatoms. The van der Waals surface area contributed by atoms with E-state index in [1.165, 1.54) is 0 Å². The Kier molecular flexibility index (Phi) is 8.06. The van der Waals surface area contributed by atoms with Crippen LogP contribution >= 0.6 is 11.6 Å². The number of benzene rings is 1. The normalized spacial score (nSPS) is 17.4. The van der Waals surface area contributed by atoms with E-state index in [0.717, 1.165) is 25.9 Å². The number of amides is 3. The monoisotopic (exact) mass is 394 g/mol. The quantitative estimate of drug-likeness (QED) is 0.639. The highest BCUT2D eigenvalue weighted by Crippen LogP contribution is 2.16. The molecule has 0 bridgehead atoms. The minimum atomic E-state index is -0.457. The minimum absolute atomic E-state index is 0.0304. The predicted molar refractivity (Wildman–Crippen MR) is 104 cm³/mol. The zero-order valence-electron chi connectivity index (χ0n) is 15.8. The van der Waals surface area contributed by atoms with Crippen LogP contribution in [0.15, 0.2) is 24.3 Å². The summed E-state index contributed by atoms with van der Waals surface area (Å²) in [5.74, 6) is -0.402. The molecule has 148 valence electrons. The van der Waals surface area contributed by atoms with Crippen molar-refractivity contribution in [2.45, 2.75) is 26.7 Å². The SMILES string of the molecule is CC(C)C(=O)NCC1CCCN(CC(=O)NNC(=O)c2ccccc2Cl)C1. The average molecular weight is 395 g/mol. The summed E-state index contributed by atoms with van der Waals surface area (Å²) >= 11 is 5.97. The van der Waals surface area contributed by atoms with Crippen molar-refractivity contribution in [2.75, 3.05) is 26.2 Å². The molecule has 2 rings (SSSR count). The van der Waals surface area contributed by atoms with Gasteiger partial charge in [-0.15, -0.1) is 0 Å². The first-order valence-corrected chi connectivity index (χ1v) is 9.58. The number of halogens is 1. The van der Waals surface area contributed by atoms with Crippen LogP contribution in [0.3, 0.4) is 0 Å². The molecule has 1 aliphatic rings. The Labute approximate surface area is 164 Å². The summed E-state index contributed by atoms with van der Waals surface area (Å²) < 4.78 is 0. The van der Waals surface area contributed by atoms with Crippen molar-refractivity contribution < 1.29 is 14.4 Å². The molecule has 1 fully saturated rings. The van der Waals surface area contributed by atoms with Crippen LogP contribution in [0.1, 0.15) is 37.0 Å². The molecule has 0 aliphatic carbocycles. The number of hydrogen-bond donors (Lipinski definition) is 3. The highest BCUT2D eigenvalue weighted by Gasteiger charge is 2.22. The molecule has 1 unspecified atom stereocenters. The number of carbonyl (C=O) groups excluding carboxylic acids is 3. The molecule has 27 heavy (non-hydrogen) atoms. The molecule has 7 nitrogen and oxygen atoms in total. The molecular weight excluding hydrogens is 368 g/mol. The molecule has 1 heterocycles. The minimum Gasteiger partial charge on any atom is -0.356 e. The van der Waals surface area contributed by atoms with E-state index in [2.05, 4.69) is 16.2 Å². The summed E-state index contributed by atoms with van der Waals surface area (Å²) in [5.41, 5.74) is 5.12. The van der Waals surface area contributed by atoms with Crippen LogP contribution in [0, 0.1) is 11.8 Å². The number of nitrogens with one attached hydrogen (secondary N) is 3. The Morgan fingerprint density at radius 2 is 1.96 bits per heavy atom. The number of likely N-dealkylation sites (tertiary alicyclic amines) is 1. The van der Waals surface area contributed by atoms with E-state index in [4.69, 9.17) is 11.6 Å². The summed E-state index contributed by atoms with van der Waals surface area (Å²) in [4.78, 5) is 37.9. The maximum Gasteiger partial charge on any atom is 0.271 e. The van der Waals surface area contributed by atoms with Crippen molar-refractivity contribution in [2.24, 2.45) is 11.8 Å². The van der Waals surface area contributed by atoms with Gasteiger partial charge in [0.05, 0.1) is 17.1 Å². The molecule has 1 aromatic rings. The molecule has 0 saturated carbocycles. The third kappa shape index (κ3) is 6.84. The summed E-state index contributed by atoms with van der Waals surface area (Å²) in [5, 5.41) is 3.28. The van der Waals surface area contributed by atoms with Gasteiger partial charge >= 0.3 is 0 Å². The Bertz CT molecular complexity index is 681. The Morgan fingerprint density at radius 3 is 2.67 bits per heavy atom. The van der Waals surface area contributed by atoms with Crippen molar-refractivity contribution >= 4 is 29.3 Å². The molecule has 3 amide bonds.